The van der Waals surface area contributed by atoms with Gasteiger partial charge in [-0.15, -0.1) is 0 Å². The Morgan fingerprint density at radius 3 is 3.13 bits per heavy atom. The number of benzene rings is 1. The lowest BCUT2D eigenvalue weighted by molar-refractivity contribution is -0.120. The van der Waals surface area contributed by atoms with E-state index in [1.807, 2.05) is 12.1 Å². The van der Waals surface area contributed by atoms with Crippen LogP contribution in [0.4, 0.5) is 5.69 Å². The molecule has 2 unspecified atom stereocenters. The third kappa shape index (κ3) is 3.06. The fourth-order valence-corrected chi connectivity index (χ4v) is 3.97. The van der Waals surface area contributed by atoms with Gasteiger partial charge in [0.05, 0.1) is 12.6 Å². The Bertz CT molecular complexity index is 710. The maximum atomic E-state index is 12.4. The minimum Gasteiger partial charge on any atom is -0.326 e. The summed E-state index contributed by atoms with van der Waals surface area (Å²) < 4.78 is 0. The zero-order chi connectivity index (χ0) is 15.6. The molecule has 2 atom stereocenters. The molecule has 2 heterocycles. The largest absolute Gasteiger partial charge is 0.326 e. The number of nitrogens with zero attached hydrogens (tertiary/aromatic N) is 2. The number of aliphatic imine (C=N–C) groups is 1. The van der Waals surface area contributed by atoms with Crippen molar-refractivity contribution >= 4 is 28.5 Å². The van der Waals surface area contributed by atoms with Crippen LogP contribution in [-0.4, -0.2) is 22.5 Å². The summed E-state index contributed by atoms with van der Waals surface area (Å²) in [5, 5.41) is 6.20. The molecule has 0 saturated heterocycles. The van der Waals surface area contributed by atoms with Crippen molar-refractivity contribution in [2.24, 2.45) is 10.9 Å². The third-order valence-corrected chi connectivity index (χ3v) is 5.28. The number of amides is 1. The second-order valence-electron chi connectivity index (χ2n) is 6.08. The molecule has 1 N–H and O–H groups in total. The van der Waals surface area contributed by atoms with E-state index in [0.717, 1.165) is 42.2 Å². The zero-order valence-corrected chi connectivity index (χ0v) is 13.6. The van der Waals surface area contributed by atoms with Crippen molar-refractivity contribution in [3.63, 3.8) is 0 Å². The maximum Gasteiger partial charge on any atom is 0.227 e. The Morgan fingerprint density at radius 2 is 2.30 bits per heavy atom. The molecule has 5 heteroatoms. The van der Waals surface area contributed by atoms with Crippen LogP contribution in [-0.2, 0) is 4.79 Å². The number of carbonyl (C=O) groups is 1. The van der Waals surface area contributed by atoms with Crippen molar-refractivity contribution < 1.29 is 4.79 Å². The van der Waals surface area contributed by atoms with Gasteiger partial charge in [0.1, 0.15) is 0 Å². The van der Waals surface area contributed by atoms with Crippen LogP contribution in [0.1, 0.15) is 30.9 Å². The summed E-state index contributed by atoms with van der Waals surface area (Å²) in [4.78, 5) is 19.3. The molecule has 3 aliphatic rings. The monoisotopic (exact) mass is 325 g/mol. The Kier molecular flexibility index (Phi) is 3.95. The van der Waals surface area contributed by atoms with Gasteiger partial charge in [-0.05, 0) is 42.4 Å². The minimum atomic E-state index is 0.0994. The third-order valence-electron chi connectivity index (χ3n) is 4.47. The molecule has 1 aliphatic carbocycles. The molecule has 0 bridgehead atoms. The Morgan fingerprint density at radius 1 is 1.35 bits per heavy atom. The number of thioether (sulfide) groups is 1. The zero-order valence-electron chi connectivity index (χ0n) is 12.8. The van der Waals surface area contributed by atoms with Crippen molar-refractivity contribution in [1.82, 2.24) is 4.90 Å². The topological polar surface area (TPSA) is 44.7 Å². The highest BCUT2D eigenvalue weighted by Crippen LogP contribution is 2.33. The van der Waals surface area contributed by atoms with Crippen LogP contribution < -0.4 is 5.32 Å². The van der Waals surface area contributed by atoms with Gasteiger partial charge < -0.3 is 10.2 Å². The summed E-state index contributed by atoms with van der Waals surface area (Å²) in [5.74, 6) is 0.228. The van der Waals surface area contributed by atoms with Gasteiger partial charge in [0.15, 0.2) is 5.17 Å². The average molecular weight is 325 g/mol. The van der Waals surface area contributed by atoms with Gasteiger partial charge >= 0.3 is 0 Å². The van der Waals surface area contributed by atoms with Crippen molar-refractivity contribution in [1.29, 1.82) is 0 Å². The van der Waals surface area contributed by atoms with E-state index in [4.69, 9.17) is 4.99 Å². The van der Waals surface area contributed by atoms with E-state index in [0.29, 0.717) is 0 Å². The molecule has 1 aromatic rings. The van der Waals surface area contributed by atoms with E-state index in [-0.39, 0.29) is 17.9 Å². The molecule has 1 amide bonds. The molecule has 0 aromatic heterocycles. The molecular weight excluding hydrogens is 306 g/mol. The van der Waals surface area contributed by atoms with Crippen LogP contribution in [0, 0.1) is 5.92 Å². The quantitative estimate of drug-likeness (QED) is 0.857. The summed E-state index contributed by atoms with van der Waals surface area (Å²) in [5.41, 5.74) is 2.03. The molecule has 4 nitrogen and oxygen atoms in total. The molecule has 23 heavy (non-hydrogen) atoms. The van der Waals surface area contributed by atoms with Crippen molar-refractivity contribution in [3.8, 4) is 0 Å². The second kappa shape index (κ2) is 6.24. The number of hydrogen-bond acceptors (Lipinski definition) is 4. The molecule has 4 rings (SSSR count). The maximum absolute atomic E-state index is 12.4. The normalized spacial score (nSPS) is 25.4. The summed E-state index contributed by atoms with van der Waals surface area (Å²) in [6.07, 6.45) is 9.13. The molecule has 0 saturated carbocycles. The first-order valence-electron chi connectivity index (χ1n) is 8.03. The predicted octanol–water partition coefficient (Wildman–Crippen LogP) is 3.91. The molecule has 0 fully saturated rings. The summed E-state index contributed by atoms with van der Waals surface area (Å²) >= 11 is 1.66. The summed E-state index contributed by atoms with van der Waals surface area (Å²) in [7, 11) is 0. The number of amidine groups is 1. The number of carbonyl (C=O) groups excluding carboxylic acids is 1. The molecule has 0 spiro atoms. The number of nitrogens with one attached hydrogen (secondary N) is 1. The Balaban J connectivity index is 1.45. The molecule has 1 aromatic carbocycles. The minimum absolute atomic E-state index is 0.0994. The molecule has 2 aliphatic heterocycles. The Labute approximate surface area is 140 Å². The van der Waals surface area contributed by atoms with Crippen molar-refractivity contribution in [2.45, 2.75) is 25.3 Å². The first-order chi connectivity index (χ1) is 11.3. The lowest BCUT2D eigenvalue weighted by atomic mass is 9.93. The number of rotatable bonds is 3. The number of anilines is 1. The highest BCUT2D eigenvalue weighted by Gasteiger charge is 2.27. The van der Waals surface area contributed by atoms with Crippen LogP contribution in [0.25, 0.3) is 0 Å². The van der Waals surface area contributed by atoms with Gasteiger partial charge in [0, 0.05) is 17.8 Å². The van der Waals surface area contributed by atoms with E-state index in [1.54, 1.807) is 11.8 Å². The average Bonchev–Trinajstić information content (AvgIpc) is 3.17. The highest BCUT2D eigenvalue weighted by atomic mass is 32.2. The summed E-state index contributed by atoms with van der Waals surface area (Å²) in [6, 6.07) is 8.25. The fourth-order valence-electron chi connectivity index (χ4n) is 3.18. The van der Waals surface area contributed by atoms with Crippen LogP contribution in [0.15, 0.2) is 53.0 Å². The van der Waals surface area contributed by atoms with Gasteiger partial charge in [-0.25, -0.2) is 0 Å². The van der Waals surface area contributed by atoms with E-state index >= 15 is 0 Å². The van der Waals surface area contributed by atoms with E-state index in [2.05, 4.69) is 46.1 Å². The van der Waals surface area contributed by atoms with Gasteiger partial charge in [0.2, 0.25) is 5.91 Å². The van der Waals surface area contributed by atoms with Crippen LogP contribution in [0.3, 0.4) is 0 Å². The van der Waals surface area contributed by atoms with Gasteiger partial charge in [-0.2, -0.15) is 0 Å². The number of allylic oxidation sites excluding steroid dienone is 2. The van der Waals surface area contributed by atoms with Gasteiger partial charge in [-0.1, -0.05) is 36.0 Å². The van der Waals surface area contributed by atoms with Crippen molar-refractivity contribution in [2.75, 3.05) is 11.9 Å². The molecule has 118 valence electrons. The summed E-state index contributed by atoms with van der Waals surface area (Å²) in [6.45, 7) is 0.879. The van der Waals surface area contributed by atoms with Gasteiger partial charge in [-0.3, -0.25) is 9.79 Å². The van der Waals surface area contributed by atoms with E-state index in [9.17, 15) is 4.79 Å². The van der Waals surface area contributed by atoms with E-state index < -0.39 is 0 Å². The first kappa shape index (κ1) is 14.6. The lowest BCUT2D eigenvalue weighted by Gasteiger charge is -2.18. The molecule has 0 radical (unpaired) electrons. The van der Waals surface area contributed by atoms with Crippen LogP contribution in [0.2, 0.25) is 0 Å². The number of fused-ring (bicyclic) bond motifs is 1. The van der Waals surface area contributed by atoms with Gasteiger partial charge in [0.25, 0.3) is 0 Å². The molecular formula is C18H19N3OS. The fraction of sp³-hybridized carbons (Fsp3) is 0.333. The Hall–Kier alpha value is -2.01. The lowest BCUT2D eigenvalue weighted by Crippen LogP contribution is -2.23. The first-order valence-corrected chi connectivity index (χ1v) is 8.91. The smallest absolute Gasteiger partial charge is 0.227 e. The van der Waals surface area contributed by atoms with Crippen LogP contribution >= 0.6 is 11.8 Å². The van der Waals surface area contributed by atoms with E-state index in [1.165, 1.54) is 0 Å². The number of hydrogen-bond donors (Lipinski definition) is 1. The second-order valence-corrected chi connectivity index (χ2v) is 6.95. The SMILES string of the molecule is O=C(Nc1cccc(C2CN3C=CSC3=N2)c1)C1CC=CCC1. The van der Waals surface area contributed by atoms with Crippen LogP contribution in [0.5, 0.6) is 0 Å². The van der Waals surface area contributed by atoms with Crippen molar-refractivity contribution in [3.05, 3.63) is 53.6 Å². The standard InChI is InChI=1S/C18H19N3OS/c22-17(13-5-2-1-3-6-13)19-15-8-4-7-14(11-15)16-12-21-9-10-23-18(21)20-16/h1-2,4,7-11,13,16H,3,5-6,12H2,(H,19,22). The highest BCUT2D eigenvalue weighted by molar-refractivity contribution is 8.16. The predicted molar refractivity (Wildman–Crippen MR) is 95.2 cm³/mol.